The molecule has 4 rings (SSSR count). The second-order valence-electron chi connectivity index (χ2n) is 6.99. The number of fused-ring (bicyclic) bond motifs is 1. The Morgan fingerprint density at radius 3 is 2.20 bits per heavy atom. The molecule has 1 unspecified atom stereocenters. The highest BCUT2D eigenvalue weighted by Crippen LogP contribution is 2.40. The summed E-state index contributed by atoms with van der Waals surface area (Å²) < 4.78 is 5.80. The molecule has 0 spiro atoms. The number of ether oxygens (including phenoxy) is 1. The molecule has 7 nitrogen and oxygen atoms in total. The minimum absolute atomic E-state index is 0.149. The van der Waals surface area contributed by atoms with E-state index in [-0.39, 0.29) is 23.1 Å². The van der Waals surface area contributed by atoms with Crippen molar-refractivity contribution in [3.63, 3.8) is 0 Å². The monoisotopic (exact) mass is 424 g/mol. The summed E-state index contributed by atoms with van der Waals surface area (Å²) in [4.78, 5) is 38.2. The number of carbonyl (C=O) groups excluding carboxylic acids is 3. The molecule has 30 heavy (non-hydrogen) atoms. The van der Waals surface area contributed by atoms with Gasteiger partial charge in [0.1, 0.15) is 17.2 Å². The van der Waals surface area contributed by atoms with Crippen molar-refractivity contribution in [1.29, 1.82) is 0 Å². The molecule has 2 aromatic rings. The lowest BCUT2D eigenvalue weighted by Crippen LogP contribution is -2.70. The van der Waals surface area contributed by atoms with Crippen molar-refractivity contribution in [3.05, 3.63) is 83.2 Å². The molecule has 154 valence electrons. The average molecular weight is 424 g/mol. The van der Waals surface area contributed by atoms with Gasteiger partial charge < -0.3 is 15.2 Å². The van der Waals surface area contributed by atoms with Crippen molar-refractivity contribution < 1.29 is 24.2 Å². The average Bonchev–Trinajstić information content (AvgIpc) is 2.76. The lowest BCUT2D eigenvalue weighted by atomic mass is 10.0. The van der Waals surface area contributed by atoms with Crippen LogP contribution in [-0.2, 0) is 19.1 Å². The second kappa shape index (κ2) is 8.23. The number of β-lactam (4-membered cyclic amide) rings is 1. The van der Waals surface area contributed by atoms with E-state index in [2.05, 4.69) is 5.32 Å². The maximum absolute atomic E-state index is 13.1. The molecular weight excluding hydrogens is 404 g/mol. The molecule has 2 aliphatic heterocycles. The lowest BCUT2D eigenvalue weighted by molar-refractivity contribution is -0.155. The topological polar surface area (TPSA) is 95.9 Å². The summed E-state index contributed by atoms with van der Waals surface area (Å²) >= 11 is 1.28. The molecule has 1 saturated heterocycles. The van der Waals surface area contributed by atoms with Crippen LogP contribution in [0, 0.1) is 0 Å². The van der Waals surface area contributed by atoms with Gasteiger partial charge in [0.05, 0.1) is 5.75 Å². The van der Waals surface area contributed by atoms with Gasteiger partial charge in [-0.25, -0.2) is 4.79 Å². The number of rotatable bonds is 5. The van der Waals surface area contributed by atoms with E-state index in [0.29, 0.717) is 0 Å². The van der Waals surface area contributed by atoms with E-state index in [1.807, 2.05) is 60.7 Å². The largest absolute Gasteiger partial charge is 0.509 e. The first-order valence-corrected chi connectivity index (χ1v) is 10.5. The minimum Gasteiger partial charge on any atom is -0.509 e. The fourth-order valence-electron chi connectivity index (χ4n) is 3.56. The minimum atomic E-state index is -0.787. The molecule has 2 atom stereocenters. The van der Waals surface area contributed by atoms with E-state index in [4.69, 9.17) is 4.74 Å². The fourth-order valence-corrected chi connectivity index (χ4v) is 4.76. The Bertz CT molecular complexity index is 969. The van der Waals surface area contributed by atoms with Gasteiger partial charge in [0.15, 0.2) is 11.8 Å². The third-order valence-corrected chi connectivity index (χ3v) is 6.19. The molecule has 2 N–H and O–H groups in total. The number of aliphatic hydroxyl groups is 1. The molecule has 2 aromatic carbocycles. The van der Waals surface area contributed by atoms with Crippen molar-refractivity contribution in [1.82, 2.24) is 10.2 Å². The van der Waals surface area contributed by atoms with Crippen LogP contribution in [0.4, 0.5) is 0 Å². The van der Waals surface area contributed by atoms with Gasteiger partial charge in [0.25, 0.3) is 5.91 Å². The summed E-state index contributed by atoms with van der Waals surface area (Å²) in [5.41, 5.74) is 1.37. The van der Waals surface area contributed by atoms with Crippen LogP contribution in [0.25, 0.3) is 0 Å². The quantitative estimate of drug-likeness (QED) is 0.566. The first-order chi connectivity index (χ1) is 14.5. The third-order valence-electron chi connectivity index (χ3n) is 4.93. The number of aliphatic hydroxyl groups excluding tert-OH is 1. The van der Waals surface area contributed by atoms with Gasteiger partial charge in [-0.3, -0.25) is 14.5 Å². The SMILES string of the molecule is CC(=O)NC1C(=O)N2C(C(=O)OC(c3ccccc3)c3ccccc3)=C(O)CS[C@H]12. The molecule has 0 aromatic heterocycles. The maximum atomic E-state index is 13.1. The summed E-state index contributed by atoms with van der Waals surface area (Å²) in [6, 6.07) is 17.8. The first kappa shape index (κ1) is 20.0. The Kier molecular flexibility index (Phi) is 5.50. The predicted octanol–water partition coefficient (Wildman–Crippen LogP) is 2.51. The van der Waals surface area contributed by atoms with Crippen LogP contribution < -0.4 is 5.32 Å². The number of benzene rings is 2. The number of amides is 2. The summed E-state index contributed by atoms with van der Waals surface area (Å²) in [7, 11) is 0. The highest BCUT2D eigenvalue weighted by Gasteiger charge is 2.54. The Labute approximate surface area is 177 Å². The highest BCUT2D eigenvalue weighted by atomic mass is 32.2. The molecule has 2 heterocycles. The normalized spacial score (nSPS) is 20.5. The van der Waals surface area contributed by atoms with Crippen LogP contribution >= 0.6 is 11.8 Å². The Morgan fingerprint density at radius 1 is 1.10 bits per heavy atom. The molecule has 0 aliphatic carbocycles. The molecule has 0 bridgehead atoms. The van der Waals surface area contributed by atoms with E-state index in [9.17, 15) is 19.5 Å². The molecule has 2 aliphatic rings. The van der Waals surface area contributed by atoms with Crippen molar-refractivity contribution in [2.75, 3.05) is 5.75 Å². The number of carbonyl (C=O) groups is 3. The Morgan fingerprint density at radius 2 is 1.67 bits per heavy atom. The van der Waals surface area contributed by atoms with Crippen LogP contribution in [0.2, 0.25) is 0 Å². The van der Waals surface area contributed by atoms with E-state index >= 15 is 0 Å². The number of esters is 1. The summed E-state index contributed by atoms with van der Waals surface area (Å²) in [6.45, 7) is 1.33. The number of thioether (sulfide) groups is 1. The van der Waals surface area contributed by atoms with E-state index in [1.54, 1.807) is 0 Å². The first-order valence-electron chi connectivity index (χ1n) is 9.42. The van der Waals surface area contributed by atoms with Crippen LogP contribution in [0.3, 0.4) is 0 Å². The Hall–Kier alpha value is -3.26. The zero-order chi connectivity index (χ0) is 21.3. The summed E-state index contributed by atoms with van der Waals surface area (Å²) in [5, 5.41) is 12.5. The molecule has 0 radical (unpaired) electrons. The Balaban J connectivity index is 1.61. The van der Waals surface area contributed by atoms with Gasteiger partial charge >= 0.3 is 5.97 Å². The summed E-state index contributed by atoms with van der Waals surface area (Å²) in [6.07, 6.45) is -0.698. The van der Waals surface area contributed by atoms with Gasteiger partial charge in [-0.1, -0.05) is 60.7 Å². The number of hydrogen-bond donors (Lipinski definition) is 2. The molecular formula is C22H20N2O5S. The van der Waals surface area contributed by atoms with Gasteiger partial charge in [-0.2, -0.15) is 0 Å². The smallest absolute Gasteiger partial charge is 0.359 e. The number of nitrogens with zero attached hydrogens (tertiary/aromatic N) is 1. The van der Waals surface area contributed by atoms with Crippen LogP contribution in [0.15, 0.2) is 72.1 Å². The lowest BCUT2D eigenvalue weighted by Gasteiger charge is -2.48. The van der Waals surface area contributed by atoms with E-state index < -0.39 is 29.4 Å². The van der Waals surface area contributed by atoms with Crippen LogP contribution in [0.5, 0.6) is 0 Å². The fraction of sp³-hybridized carbons (Fsp3) is 0.227. The van der Waals surface area contributed by atoms with Gasteiger partial charge in [-0.15, -0.1) is 11.8 Å². The summed E-state index contributed by atoms with van der Waals surface area (Å²) in [5.74, 6) is -1.63. The van der Waals surface area contributed by atoms with Crippen LogP contribution in [0.1, 0.15) is 24.2 Å². The predicted molar refractivity (Wildman–Crippen MR) is 111 cm³/mol. The van der Waals surface area contributed by atoms with Crippen LogP contribution in [-0.4, -0.2) is 45.0 Å². The van der Waals surface area contributed by atoms with Crippen molar-refractivity contribution in [2.24, 2.45) is 0 Å². The van der Waals surface area contributed by atoms with Crippen molar-refractivity contribution in [3.8, 4) is 0 Å². The van der Waals surface area contributed by atoms with Crippen molar-refractivity contribution >= 4 is 29.5 Å². The van der Waals surface area contributed by atoms with Gasteiger partial charge in [0, 0.05) is 6.92 Å². The van der Waals surface area contributed by atoms with Gasteiger partial charge in [0.2, 0.25) is 5.91 Å². The van der Waals surface area contributed by atoms with Gasteiger partial charge in [-0.05, 0) is 11.1 Å². The van der Waals surface area contributed by atoms with Crippen molar-refractivity contribution in [2.45, 2.75) is 24.4 Å². The zero-order valence-electron chi connectivity index (χ0n) is 16.1. The molecule has 0 saturated carbocycles. The zero-order valence-corrected chi connectivity index (χ0v) is 17.0. The van der Waals surface area contributed by atoms with E-state index in [0.717, 1.165) is 11.1 Å². The second-order valence-corrected chi connectivity index (χ2v) is 8.10. The maximum Gasteiger partial charge on any atom is 0.359 e. The standard InChI is InChI=1S/C22H20N2O5S/c1-13(25)23-17-20(27)24-18(16(26)12-30-21(17)24)22(28)29-19(14-8-4-2-5-9-14)15-10-6-3-7-11-15/h2-11,17,19,21,26H,12H2,1H3,(H,23,25)/t17?,21-/m1/s1. The molecule has 8 heteroatoms. The molecule has 2 amide bonds. The van der Waals surface area contributed by atoms with E-state index in [1.165, 1.54) is 23.6 Å². The highest BCUT2D eigenvalue weighted by molar-refractivity contribution is 8.00. The number of nitrogens with one attached hydrogen (secondary N) is 1. The number of hydrogen-bond acceptors (Lipinski definition) is 6. The third kappa shape index (κ3) is 3.66. The molecule has 1 fully saturated rings.